The van der Waals surface area contributed by atoms with Crippen molar-refractivity contribution >= 4 is 28.6 Å². The van der Waals surface area contributed by atoms with Gasteiger partial charge in [0, 0.05) is 17.1 Å². The highest BCUT2D eigenvalue weighted by atomic mass is 16.5. The quantitative estimate of drug-likeness (QED) is 0.532. The lowest BCUT2D eigenvalue weighted by Gasteiger charge is -2.17. The summed E-state index contributed by atoms with van der Waals surface area (Å²) in [5.41, 5.74) is 3.22. The molecule has 0 unspecified atom stereocenters. The molecule has 1 aromatic carbocycles. The molecule has 4 rings (SSSR count). The lowest BCUT2D eigenvalue weighted by atomic mass is 9.97. The third kappa shape index (κ3) is 3.99. The van der Waals surface area contributed by atoms with E-state index in [-0.39, 0.29) is 0 Å². The number of benzene rings is 1. The van der Waals surface area contributed by atoms with Crippen molar-refractivity contribution in [2.24, 2.45) is 0 Å². The van der Waals surface area contributed by atoms with Gasteiger partial charge in [0.1, 0.15) is 5.76 Å². The number of pyridine rings is 1. The van der Waals surface area contributed by atoms with E-state index in [2.05, 4.69) is 10.5 Å². The number of aromatic nitrogens is 2. The number of nitrogens with zero attached hydrogens (tertiary/aromatic N) is 2. The average molecular weight is 393 g/mol. The summed E-state index contributed by atoms with van der Waals surface area (Å²) in [4.78, 5) is 30.3. The highest BCUT2D eigenvalue weighted by Crippen LogP contribution is 2.29. The highest BCUT2D eigenvalue weighted by Gasteiger charge is 2.26. The van der Waals surface area contributed by atoms with Gasteiger partial charge in [-0.2, -0.15) is 0 Å². The SMILES string of the molecule is Cc1cc(NC(=O)[C@H](C)OC(=O)c2c3c(nc4ccccc24)CCCCC3)no1. The van der Waals surface area contributed by atoms with Crippen LogP contribution in [0, 0.1) is 6.92 Å². The maximum absolute atomic E-state index is 13.2. The number of aryl methyl sites for hydroxylation is 2. The molecule has 0 fully saturated rings. The van der Waals surface area contributed by atoms with Gasteiger partial charge in [-0.05, 0) is 51.2 Å². The number of hydrogen-bond donors (Lipinski definition) is 1. The van der Waals surface area contributed by atoms with Gasteiger partial charge in [-0.3, -0.25) is 9.78 Å². The first-order valence-corrected chi connectivity index (χ1v) is 9.88. The van der Waals surface area contributed by atoms with Crippen molar-refractivity contribution in [3.05, 3.63) is 52.9 Å². The van der Waals surface area contributed by atoms with Gasteiger partial charge in [0.25, 0.3) is 5.91 Å². The maximum atomic E-state index is 13.2. The first-order valence-electron chi connectivity index (χ1n) is 9.88. The van der Waals surface area contributed by atoms with Gasteiger partial charge in [0.15, 0.2) is 11.9 Å². The minimum atomic E-state index is -0.979. The topological polar surface area (TPSA) is 94.3 Å². The molecule has 2 aromatic heterocycles. The Hall–Kier alpha value is -3.22. The van der Waals surface area contributed by atoms with E-state index >= 15 is 0 Å². The Morgan fingerprint density at radius 2 is 1.97 bits per heavy atom. The molecule has 1 aliphatic rings. The van der Waals surface area contributed by atoms with Crippen molar-refractivity contribution in [1.82, 2.24) is 10.1 Å². The Morgan fingerprint density at radius 3 is 2.76 bits per heavy atom. The summed E-state index contributed by atoms with van der Waals surface area (Å²) >= 11 is 0. The van der Waals surface area contributed by atoms with Gasteiger partial charge in [-0.25, -0.2) is 4.79 Å². The van der Waals surface area contributed by atoms with Crippen LogP contribution in [0.15, 0.2) is 34.9 Å². The molecular formula is C22H23N3O4. The second-order valence-corrected chi connectivity index (χ2v) is 7.35. The number of ether oxygens (including phenoxy) is 1. The highest BCUT2D eigenvalue weighted by molar-refractivity contribution is 6.06. The molecule has 7 nitrogen and oxygen atoms in total. The standard InChI is InChI=1S/C22H23N3O4/c1-13-12-19(25-29-13)24-21(26)14(2)28-22(27)20-15-8-4-3-5-10-17(15)23-18-11-7-6-9-16(18)20/h6-7,9,11-12,14H,3-5,8,10H2,1-2H3,(H,24,25,26)/t14-/m0/s1. The Balaban J connectivity index is 1.62. The molecule has 1 aliphatic carbocycles. The third-order valence-corrected chi connectivity index (χ3v) is 5.16. The second kappa shape index (κ2) is 8.03. The number of hydrogen-bond acceptors (Lipinski definition) is 6. The van der Waals surface area contributed by atoms with E-state index in [0.717, 1.165) is 54.3 Å². The lowest BCUT2D eigenvalue weighted by Crippen LogP contribution is -2.30. The molecule has 0 aliphatic heterocycles. The zero-order valence-electron chi connectivity index (χ0n) is 16.5. The van der Waals surface area contributed by atoms with Crippen molar-refractivity contribution in [2.75, 3.05) is 5.32 Å². The van der Waals surface area contributed by atoms with Crippen LogP contribution in [-0.2, 0) is 22.4 Å². The summed E-state index contributed by atoms with van der Waals surface area (Å²) in [7, 11) is 0. The zero-order chi connectivity index (χ0) is 20.4. The molecule has 3 aromatic rings. The average Bonchev–Trinajstić information content (AvgIpc) is 2.97. The van der Waals surface area contributed by atoms with Crippen LogP contribution in [0.5, 0.6) is 0 Å². The van der Waals surface area contributed by atoms with Crippen LogP contribution in [0.3, 0.4) is 0 Å². The number of esters is 1. The van der Waals surface area contributed by atoms with E-state index in [1.165, 1.54) is 0 Å². The number of carbonyl (C=O) groups is 2. The predicted octanol–water partition coefficient (Wildman–Crippen LogP) is 3.98. The van der Waals surface area contributed by atoms with Crippen LogP contribution < -0.4 is 5.32 Å². The molecule has 0 radical (unpaired) electrons. The molecule has 150 valence electrons. The monoisotopic (exact) mass is 393 g/mol. The van der Waals surface area contributed by atoms with Crippen LogP contribution >= 0.6 is 0 Å². The van der Waals surface area contributed by atoms with E-state index in [0.29, 0.717) is 17.1 Å². The van der Waals surface area contributed by atoms with Gasteiger partial charge in [0.2, 0.25) is 0 Å². The number of carbonyl (C=O) groups excluding carboxylic acids is 2. The molecule has 2 heterocycles. The number of rotatable bonds is 4. The normalized spacial score (nSPS) is 14.7. The van der Waals surface area contributed by atoms with Gasteiger partial charge >= 0.3 is 5.97 Å². The Kier molecular flexibility index (Phi) is 5.29. The van der Waals surface area contributed by atoms with Gasteiger partial charge in [-0.15, -0.1) is 0 Å². The van der Waals surface area contributed by atoms with E-state index in [1.54, 1.807) is 19.9 Å². The zero-order valence-corrected chi connectivity index (χ0v) is 16.5. The van der Waals surface area contributed by atoms with Crippen LogP contribution in [0.4, 0.5) is 5.82 Å². The molecule has 1 atom stereocenters. The first kappa shape index (κ1) is 19.1. The van der Waals surface area contributed by atoms with Crippen molar-refractivity contribution < 1.29 is 18.8 Å². The molecule has 0 saturated carbocycles. The van der Waals surface area contributed by atoms with Crippen LogP contribution in [-0.4, -0.2) is 28.1 Å². The number of fused-ring (bicyclic) bond motifs is 2. The van der Waals surface area contributed by atoms with Gasteiger partial charge in [-0.1, -0.05) is 29.8 Å². The number of anilines is 1. The maximum Gasteiger partial charge on any atom is 0.339 e. The third-order valence-electron chi connectivity index (χ3n) is 5.16. The summed E-state index contributed by atoms with van der Waals surface area (Å²) in [6.07, 6.45) is 3.83. The van der Waals surface area contributed by atoms with Crippen molar-refractivity contribution in [3.63, 3.8) is 0 Å². The molecule has 0 spiro atoms. The Labute approximate surface area is 168 Å². The molecule has 1 N–H and O–H groups in total. The smallest absolute Gasteiger partial charge is 0.339 e. The first-order chi connectivity index (χ1) is 14.0. The number of nitrogens with one attached hydrogen (secondary N) is 1. The molecule has 7 heteroatoms. The van der Waals surface area contributed by atoms with Crippen molar-refractivity contribution in [3.8, 4) is 0 Å². The minimum absolute atomic E-state index is 0.290. The summed E-state index contributed by atoms with van der Waals surface area (Å²) in [5.74, 6) is -0.0913. The molecule has 29 heavy (non-hydrogen) atoms. The van der Waals surface area contributed by atoms with Crippen molar-refractivity contribution in [2.45, 2.75) is 52.1 Å². The summed E-state index contributed by atoms with van der Waals surface area (Å²) in [5, 5.41) is 7.09. The Morgan fingerprint density at radius 1 is 1.17 bits per heavy atom. The van der Waals surface area contributed by atoms with Gasteiger partial charge in [0.05, 0.1) is 11.1 Å². The van der Waals surface area contributed by atoms with Crippen LogP contribution in [0.25, 0.3) is 10.9 Å². The van der Waals surface area contributed by atoms with Crippen LogP contribution in [0.2, 0.25) is 0 Å². The fourth-order valence-corrected chi connectivity index (χ4v) is 3.71. The summed E-state index contributed by atoms with van der Waals surface area (Å²) in [6, 6.07) is 9.17. The van der Waals surface area contributed by atoms with Crippen LogP contribution in [0.1, 0.15) is 53.6 Å². The predicted molar refractivity (Wildman–Crippen MR) is 108 cm³/mol. The number of amides is 1. The minimum Gasteiger partial charge on any atom is -0.449 e. The molecule has 1 amide bonds. The van der Waals surface area contributed by atoms with E-state index in [1.807, 2.05) is 24.3 Å². The fourth-order valence-electron chi connectivity index (χ4n) is 3.71. The largest absolute Gasteiger partial charge is 0.449 e. The van der Waals surface area contributed by atoms with E-state index in [9.17, 15) is 9.59 Å². The summed E-state index contributed by atoms with van der Waals surface area (Å²) < 4.78 is 10.5. The molecule has 0 saturated heterocycles. The van der Waals surface area contributed by atoms with Crippen molar-refractivity contribution in [1.29, 1.82) is 0 Å². The lowest BCUT2D eigenvalue weighted by molar-refractivity contribution is -0.123. The summed E-state index contributed by atoms with van der Waals surface area (Å²) in [6.45, 7) is 3.27. The Bertz CT molecular complexity index is 1070. The second-order valence-electron chi connectivity index (χ2n) is 7.35. The number of para-hydroxylation sites is 1. The van der Waals surface area contributed by atoms with Gasteiger partial charge < -0.3 is 14.6 Å². The van der Waals surface area contributed by atoms with E-state index in [4.69, 9.17) is 14.2 Å². The molecular weight excluding hydrogens is 370 g/mol. The van der Waals surface area contributed by atoms with E-state index < -0.39 is 18.0 Å². The fraction of sp³-hybridized carbons (Fsp3) is 0.364. The molecule has 0 bridgehead atoms.